The third kappa shape index (κ3) is 1.95. The summed E-state index contributed by atoms with van der Waals surface area (Å²) in [6.07, 6.45) is 2.45. The standard InChI is InChI=1S/C15H15N3O2/c1-16-14-7-11(9-2-3-9)17-15(18-14)10-4-5-12-13(6-10)20-8-19-12/h4-7,9H,2-3,8H2,1H3,(H,16,17,18). The molecule has 20 heavy (non-hydrogen) atoms. The molecule has 1 aliphatic carbocycles. The minimum absolute atomic E-state index is 0.281. The van der Waals surface area contributed by atoms with Crippen LogP contribution in [0.5, 0.6) is 11.5 Å². The van der Waals surface area contributed by atoms with Crippen LogP contribution in [-0.4, -0.2) is 23.8 Å². The predicted octanol–water partition coefficient (Wildman–Crippen LogP) is 2.79. The number of nitrogens with one attached hydrogen (secondary N) is 1. The number of fused-ring (bicyclic) bond motifs is 1. The van der Waals surface area contributed by atoms with Crippen molar-refractivity contribution in [1.82, 2.24) is 9.97 Å². The fourth-order valence-corrected chi connectivity index (χ4v) is 2.35. The minimum atomic E-state index is 0.281. The molecule has 5 nitrogen and oxygen atoms in total. The monoisotopic (exact) mass is 269 g/mol. The molecule has 4 rings (SSSR count). The molecule has 1 N–H and O–H groups in total. The van der Waals surface area contributed by atoms with Gasteiger partial charge >= 0.3 is 0 Å². The summed E-state index contributed by atoms with van der Waals surface area (Å²) in [6.45, 7) is 0.281. The van der Waals surface area contributed by atoms with E-state index in [4.69, 9.17) is 14.5 Å². The first-order chi connectivity index (χ1) is 9.83. The van der Waals surface area contributed by atoms with Gasteiger partial charge in [-0.1, -0.05) is 0 Å². The summed E-state index contributed by atoms with van der Waals surface area (Å²) in [4.78, 5) is 9.23. The van der Waals surface area contributed by atoms with Gasteiger partial charge in [0.1, 0.15) is 5.82 Å². The Labute approximate surface area is 117 Å². The molecule has 0 bridgehead atoms. The largest absolute Gasteiger partial charge is 0.454 e. The summed E-state index contributed by atoms with van der Waals surface area (Å²) < 4.78 is 10.7. The van der Waals surface area contributed by atoms with E-state index in [-0.39, 0.29) is 6.79 Å². The topological polar surface area (TPSA) is 56.3 Å². The summed E-state index contributed by atoms with van der Waals surface area (Å²) in [6, 6.07) is 7.85. The molecule has 0 amide bonds. The van der Waals surface area contributed by atoms with Gasteiger partial charge in [-0.15, -0.1) is 0 Å². The van der Waals surface area contributed by atoms with Gasteiger partial charge in [-0.3, -0.25) is 0 Å². The van der Waals surface area contributed by atoms with Gasteiger partial charge in [-0.25, -0.2) is 9.97 Å². The van der Waals surface area contributed by atoms with Crippen molar-refractivity contribution < 1.29 is 9.47 Å². The Balaban J connectivity index is 1.78. The van der Waals surface area contributed by atoms with Crippen molar-refractivity contribution in [1.29, 1.82) is 0 Å². The molecule has 0 spiro atoms. The number of ether oxygens (including phenoxy) is 2. The number of rotatable bonds is 3. The normalized spacial score (nSPS) is 16.2. The second kappa shape index (κ2) is 4.37. The van der Waals surface area contributed by atoms with Gasteiger partial charge in [0.15, 0.2) is 17.3 Å². The number of hydrogen-bond donors (Lipinski definition) is 1. The number of hydrogen-bond acceptors (Lipinski definition) is 5. The molecule has 0 atom stereocenters. The van der Waals surface area contributed by atoms with Crippen LogP contribution < -0.4 is 14.8 Å². The van der Waals surface area contributed by atoms with Crippen LogP contribution in [-0.2, 0) is 0 Å². The second-order valence-electron chi connectivity index (χ2n) is 5.09. The van der Waals surface area contributed by atoms with Crippen LogP contribution >= 0.6 is 0 Å². The van der Waals surface area contributed by atoms with Crippen molar-refractivity contribution in [2.24, 2.45) is 0 Å². The lowest BCUT2D eigenvalue weighted by atomic mass is 10.1. The van der Waals surface area contributed by atoms with E-state index in [2.05, 4.69) is 10.3 Å². The average Bonchev–Trinajstić information content (AvgIpc) is 3.24. The van der Waals surface area contributed by atoms with Gasteiger partial charge in [0, 0.05) is 30.3 Å². The predicted molar refractivity (Wildman–Crippen MR) is 75.1 cm³/mol. The zero-order chi connectivity index (χ0) is 13.5. The highest BCUT2D eigenvalue weighted by atomic mass is 16.7. The van der Waals surface area contributed by atoms with Crippen LogP contribution in [0.15, 0.2) is 24.3 Å². The minimum Gasteiger partial charge on any atom is -0.454 e. The molecule has 102 valence electrons. The molecule has 2 aliphatic rings. The fourth-order valence-electron chi connectivity index (χ4n) is 2.35. The van der Waals surface area contributed by atoms with Gasteiger partial charge in [-0.2, -0.15) is 0 Å². The highest BCUT2D eigenvalue weighted by Crippen LogP contribution is 2.41. The molecule has 1 aromatic heterocycles. The second-order valence-corrected chi connectivity index (χ2v) is 5.09. The van der Waals surface area contributed by atoms with E-state index in [1.165, 1.54) is 12.8 Å². The van der Waals surface area contributed by atoms with Crippen molar-refractivity contribution in [3.63, 3.8) is 0 Å². The van der Waals surface area contributed by atoms with Crippen LogP contribution in [0.2, 0.25) is 0 Å². The maximum absolute atomic E-state index is 5.41. The smallest absolute Gasteiger partial charge is 0.231 e. The van der Waals surface area contributed by atoms with Crippen LogP contribution in [0.3, 0.4) is 0 Å². The Morgan fingerprint density at radius 1 is 1.10 bits per heavy atom. The lowest BCUT2D eigenvalue weighted by Crippen LogP contribution is -2.00. The van der Waals surface area contributed by atoms with E-state index < -0.39 is 0 Å². The Bertz CT molecular complexity index is 668. The van der Waals surface area contributed by atoms with E-state index in [1.54, 1.807) is 0 Å². The first-order valence-corrected chi connectivity index (χ1v) is 6.80. The van der Waals surface area contributed by atoms with E-state index in [9.17, 15) is 0 Å². The summed E-state index contributed by atoms with van der Waals surface area (Å²) in [5, 5.41) is 3.11. The molecule has 0 saturated heterocycles. The molecule has 1 aliphatic heterocycles. The van der Waals surface area contributed by atoms with Crippen LogP contribution in [0.25, 0.3) is 11.4 Å². The first kappa shape index (κ1) is 11.5. The first-order valence-electron chi connectivity index (χ1n) is 6.80. The highest BCUT2D eigenvalue weighted by molar-refractivity contribution is 5.63. The Hall–Kier alpha value is -2.30. The van der Waals surface area contributed by atoms with Crippen LogP contribution in [0.4, 0.5) is 5.82 Å². The quantitative estimate of drug-likeness (QED) is 0.928. The summed E-state index contributed by atoms with van der Waals surface area (Å²) in [5.74, 6) is 3.72. The lowest BCUT2D eigenvalue weighted by Gasteiger charge is -2.08. The van der Waals surface area contributed by atoms with Crippen molar-refractivity contribution >= 4 is 5.82 Å². The number of aromatic nitrogens is 2. The van der Waals surface area contributed by atoms with Crippen LogP contribution in [0.1, 0.15) is 24.5 Å². The van der Waals surface area contributed by atoms with E-state index in [1.807, 2.05) is 31.3 Å². The zero-order valence-corrected chi connectivity index (χ0v) is 11.2. The maximum atomic E-state index is 5.41. The highest BCUT2D eigenvalue weighted by Gasteiger charge is 2.26. The van der Waals surface area contributed by atoms with E-state index >= 15 is 0 Å². The van der Waals surface area contributed by atoms with Crippen molar-refractivity contribution in [3.05, 3.63) is 30.0 Å². The molecule has 0 radical (unpaired) electrons. The molecule has 5 heteroatoms. The van der Waals surface area contributed by atoms with Gasteiger partial charge in [0.25, 0.3) is 0 Å². The van der Waals surface area contributed by atoms with Crippen molar-refractivity contribution in [3.8, 4) is 22.9 Å². The molecule has 0 unspecified atom stereocenters. The number of anilines is 1. The molecular formula is C15H15N3O2. The molecule has 1 fully saturated rings. The van der Waals surface area contributed by atoms with Crippen molar-refractivity contribution in [2.75, 3.05) is 19.2 Å². The number of benzene rings is 1. The molecule has 2 aromatic rings. The van der Waals surface area contributed by atoms with Gasteiger partial charge in [0.05, 0.1) is 0 Å². The molecule has 1 aromatic carbocycles. The van der Waals surface area contributed by atoms with Crippen molar-refractivity contribution in [2.45, 2.75) is 18.8 Å². The SMILES string of the molecule is CNc1cc(C2CC2)nc(-c2ccc3c(c2)OCO3)n1. The average molecular weight is 269 g/mol. The Morgan fingerprint density at radius 3 is 2.75 bits per heavy atom. The molecule has 1 saturated carbocycles. The lowest BCUT2D eigenvalue weighted by molar-refractivity contribution is 0.174. The third-order valence-electron chi connectivity index (χ3n) is 3.63. The molecule has 2 heterocycles. The summed E-state index contributed by atoms with van der Waals surface area (Å²) >= 11 is 0. The third-order valence-corrected chi connectivity index (χ3v) is 3.63. The fraction of sp³-hybridized carbons (Fsp3) is 0.333. The van der Waals surface area contributed by atoms with E-state index in [0.717, 1.165) is 34.4 Å². The Morgan fingerprint density at radius 2 is 1.95 bits per heavy atom. The summed E-state index contributed by atoms with van der Waals surface area (Å²) in [7, 11) is 1.88. The van der Waals surface area contributed by atoms with Gasteiger partial charge in [0.2, 0.25) is 6.79 Å². The van der Waals surface area contributed by atoms with Gasteiger partial charge < -0.3 is 14.8 Å². The zero-order valence-electron chi connectivity index (χ0n) is 11.2. The number of nitrogens with zero attached hydrogens (tertiary/aromatic N) is 2. The summed E-state index contributed by atoms with van der Waals surface area (Å²) in [5.41, 5.74) is 2.07. The van der Waals surface area contributed by atoms with Crippen LogP contribution in [0, 0.1) is 0 Å². The molecular weight excluding hydrogens is 254 g/mol. The Kier molecular flexibility index (Phi) is 2.52. The van der Waals surface area contributed by atoms with E-state index in [0.29, 0.717) is 5.92 Å². The van der Waals surface area contributed by atoms with Gasteiger partial charge in [-0.05, 0) is 31.0 Å². The maximum Gasteiger partial charge on any atom is 0.231 e.